The maximum atomic E-state index is 13.0. The highest BCUT2D eigenvalue weighted by Gasteiger charge is 2.08. The minimum Gasteiger partial charge on any atom is -0.293 e. The van der Waals surface area contributed by atoms with E-state index in [0.717, 1.165) is 0 Å². The molecule has 0 radical (unpaired) electrons. The minimum atomic E-state index is -0.481. The van der Waals surface area contributed by atoms with E-state index in [2.05, 4.69) is 11.8 Å². The van der Waals surface area contributed by atoms with Gasteiger partial charge in [0.05, 0.1) is 12.0 Å². The van der Waals surface area contributed by atoms with Crippen molar-refractivity contribution in [3.63, 3.8) is 0 Å². The van der Waals surface area contributed by atoms with E-state index in [1.54, 1.807) is 19.1 Å². The number of carbonyl (C=O) groups excluding carboxylic acids is 1. The van der Waals surface area contributed by atoms with E-state index in [0.29, 0.717) is 0 Å². The highest BCUT2D eigenvalue weighted by atomic mass is 19.1. The third kappa shape index (κ3) is 2.41. The lowest BCUT2D eigenvalue weighted by Gasteiger charge is -1.97. The Balaban J connectivity index is 2.87. The van der Waals surface area contributed by atoms with Gasteiger partial charge in [0.15, 0.2) is 5.78 Å². The molecule has 2 heteroatoms. The second-order valence-electron chi connectivity index (χ2n) is 2.51. The summed E-state index contributed by atoms with van der Waals surface area (Å²) in [6.07, 6.45) is 0.0808. The summed E-state index contributed by atoms with van der Waals surface area (Å²) >= 11 is 0. The Labute approximate surface area is 76.6 Å². The maximum absolute atomic E-state index is 13.0. The van der Waals surface area contributed by atoms with Crippen LogP contribution in [0.25, 0.3) is 0 Å². The fourth-order valence-electron chi connectivity index (χ4n) is 0.951. The molecule has 1 aromatic carbocycles. The largest absolute Gasteiger partial charge is 0.293 e. The first-order valence-corrected chi connectivity index (χ1v) is 3.93. The zero-order chi connectivity index (χ0) is 9.68. The minimum absolute atomic E-state index is 0.0808. The summed E-state index contributed by atoms with van der Waals surface area (Å²) in [5.41, 5.74) is 0.116. The maximum Gasteiger partial charge on any atom is 0.177 e. The van der Waals surface area contributed by atoms with Crippen molar-refractivity contribution in [3.8, 4) is 11.8 Å². The average Bonchev–Trinajstić information content (AvgIpc) is 2.15. The highest BCUT2D eigenvalue weighted by Crippen LogP contribution is 2.08. The van der Waals surface area contributed by atoms with Crippen molar-refractivity contribution in [1.29, 1.82) is 0 Å². The first kappa shape index (κ1) is 9.47. The molecule has 0 fully saturated rings. The molecule has 0 heterocycles. The van der Waals surface area contributed by atoms with E-state index in [-0.39, 0.29) is 17.8 Å². The van der Waals surface area contributed by atoms with Gasteiger partial charge in [-0.05, 0) is 19.1 Å². The van der Waals surface area contributed by atoms with Gasteiger partial charge in [-0.15, -0.1) is 5.92 Å². The predicted molar refractivity (Wildman–Crippen MR) is 48.8 cm³/mol. The Kier molecular flexibility index (Phi) is 3.22. The fourth-order valence-corrected chi connectivity index (χ4v) is 0.951. The molecule has 0 aliphatic rings. The van der Waals surface area contributed by atoms with Crippen molar-refractivity contribution >= 4 is 5.78 Å². The number of ketones is 1. The van der Waals surface area contributed by atoms with Crippen molar-refractivity contribution in [2.45, 2.75) is 13.3 Å². The second kappa shape index (κ2) is 4.42. The van der Waals surface area contributed by atoms with Gasteiger partial charge >= 0.3 is 0 Å². The summed E-state index contributed by atoms with van der Waals surface area (Å²) in [7, 11) is 0. The van der Waals surface area contributed by atoms with Crippen LogP contribution in [-0.2, 0) is 0 Å². The normalized spacial score (nSPS) is 8.77. The van der Waals surface area contributed by atoms with Gasteiger partial charge in [-0.25, -0.2) is 4.39 Å². The fraction of sp³-hybridized carbons (Fsp3) is 0.182. The molecule has 0 bridgehead atoms. The molecule has 0 atom stereocenters. The molecule has 1 aromatic rings. The van der Waals surface area contributed by atoms with Crippen LogP contribution in [0.5, 0.6) is 0 Å². The van der Waals surface area contributed by atoms with Gasteiger partial charge in [-0.3, -0.25) is 4.79 Å². The monoisotopic (exact) mass is 176 g/mol. The van der Waals surface area contributed by atoms with Gasteiger partial charge in [-0.1, -0.05) is 18.1 Å². The van der Waals surface area contributed by atoms with E-state index in [9.17, 15) is 9.18 Å². The number of halogens is 1. The Morgan fingerprint density at radius 2 is 2.15 bits per heavy atom. The van der Waals surface area contributed by atoms with Crippen LogP contribution in [0.3, 0.4) is 0 Å². The van der Waals surface area contributed by atoms with Crippen LogP contribution in [0.2, 0.25) is 0 Å². The second-order valence-corrected chi connectivity index (χ2v) is 2.51. The standard InChI is InChI=1S/C11H9FO/c1-2-3-8-11(13)9-6-4-5-7-10(9)12/h4-7H,8H2,1H3. The predicted octanol–water partition coefficient (Wildman–Crippen LogP) is 2.42. The third-order valence-corrected chi connectivity index (χ3v) is 1.60. The lowest BCUT2D eigenvalue weighted by Crippen LogP contribution is -2.00. The third-order valence-electron chi connectivity index (χ3n) is 1.60. The average molecular weight is 176 g/mol. The topological polar surface area (TPSA) is 17.1 Å². The van der Waals surface area contributed by atoms with Crippen LogP contribution < -0.4 is 0 Å². The van der Waals surface area contributed by atoms with Crippen molar-refractivity contribution in [2.75, 3.05) is 0 Å². The number of rotatable bonds is 2. The zero-order valence-corrected chi connectivity index (χ0v) is 7.30. The van der Waals surface area contributed by atoms with E-state index < -0.39 is 5.82 Å². The van der Waals surface area contributed by atoms with Crippen LogP contribution >= 0.6 is 0 Å². The van der Waals surface area contributed by atoms with E-state index in [4.69, 9.17) is 0 Å². The van der Waals surface area contributed by atoms with Crippen molar-refractivity contribution < 1.29 is 9.18 Å². The number of Topliss-reactive ketones (excluding diaryl/α,β-unsaturated/α-hetero) is 1. The molecule has 0 aliphatic heterocycles. The van der Waals surface area contributed by atoms with Crippen LogP contribution in [0.4, 0.5) is 4.39 Å². The van der Waals surface area contributed by atoms with Crippen molar-refractivity contribution in [3.05, 3.63) is 35.6 Å². The van der Waals surface area contributed by atoms with E-state index >= 15 is 0 Å². The lowest BCUT2D eigenvalue weighted by atomic mass is 10.1. The number of hydrogen-bond acceptors (Lipinski definition) is 1. The van der Waals surface area contributed by atoms with E-state index in [1.165, 1.54) is 12.1 Å². The molecule has 1 nitrogen and oxygen atoms in total. The number of hydrogen-bond donors (Lipinski definition) is 0. The Morgan fingerprint density at radius 1 is 1.46 bits per heavy atom. The van der Waals surface area contributed by atoms with Gasteiger partial charge in [-0.2, -0.15) is 0 Å². The molecule has 0 saturated heterocycles. The molecule has 0 spiro atoms. The molecule has 66 valence electrons. The molecule has 0 unspecified atom stereocenters. The lowest BCUT2D eigenvalue weighted by molar-refractivity contribution is 0.0994. The Hall–Kier alpha value is -1.62. The van der Waals surface area contributed by atoms with Gasteiger partial charge in [0.2, 0.25) is 0 Å². The van der Waals surface area contributed by atoms with Gasteiger partial charge < -0.3 is 0 Å². The molecule has 1 rings (SSSR count). The SMILES string of the molecule is CC#CCC(=O)c1ccccc1F. The van der Waals surface area contributed by atoms with Gasteiger partial charge in [0.1, 0.15) is 5.82 Å². The first-order valence-electron chi connectivity index (χ1n) is 3.93. The summed E-state index contributed by atoms with van der Waals surface area (Å²) in [6.45, 7) is 1.65. The highest BCUT2D eigenvalue weighted by molar-refractivity contribution is 5.97. The molecule has 13 heavy (non-hydrogen) atoms. The van der Waals surface area contributed by atoms with Crippen LogP contribution in [0.1, 0.15) is 23.7 Å². The summed E-state index contributed by atoms with van der Waals surface area (Å²) in [4.78, 5) is 11.3. The summed E-state index contributed by atoms with van der Waals surface area (Å²) in [6, 6.07) is 5.93. The Morgan fingerprint density at radius 3 is 2.77 bits per heavy atom. The number of carbonyl (C=O) groups is 1. The first-order chi connectivity index (χ1) is 6.25. The van der Waals surface area contributed by atoms with Crippen molar-refractivity contribution in [1.82, 2.24) is 0 Å². The molecular weight excluding hydrogens is 167 g/mol. The molecular formula is C11H9FO. The summed E-state index contributed by atoms with van der Waals surface area (Å²) in [5.74, 6) is 4.45. The van der Waals surface area contributed by atoms with Crippen LogP contribution in [0, 0.1) is 17.7 Å². The summed E-state index contributed by atoms with van der Waals surface area (Å²) < 4.78 is 13.0. The molecule has 0 amide bonds. The van der Waals surface area contributed by atoms with Crippen LogP contribution in [-0.4, -0.2) is 5.78 Å². The van der Waals surface area contributed by atoms with E-state index in [1.807, 2.05) is 0 Å². The van der Waals surface area contributed by atoms with Crippen molar-refractivity contribution in [2.24, 2.45) is 0 Å². The van der Waals surface area contributed by atoms with Crippen LogP contribution in [0.15, 0.2) is 24.3 Å². The smallest absolute Gasteiger partial charge is 0.177 e. The molecule has 0 saturated carbocycles. The Bertz CT molecular complexity index is 371. The molecule has 0 aromatic heterocycles. The molecule has 0 N–H and O–H groups in total. The zero-order valence-electron chi connectivity index (χ0n) is 7.30. The van der Waals surface area contributed by atoms with Gasteiger partial charge in [0.25, 0.3) is 0 Å². The van der Waals surface area contributed by atoms with Gasteiger partial charge in [0, 0.05) is 0 Å². The number of benzene rings is 1. The quantitative estimate of drug-likeness (QED) is 0.499. The molecule has 0 aliphatic carbocycles. The summed E-state index contributed by atoms with van der Waals surface area (Å²) in [5, 5.41) is 0.